The molecule has 5 rings (SSSR count). The van der Waals surface area contributed by atoms with Crippen LogP contribution in [0.3, 0.4) is 0 Å². The number of carbonyl (C=O) groups is 3. The van der Waals surface area contributed by atoms with Gasteiger partial charge in [0.25, 0.3) is 5.95 Å². The Kier molecular flexibility index (Phi) is 11.5. The molecule has 16 heteroatoms. The Morgan fingerprint density at radius 2 is 1.63 bits per heavy atom. The standard InChI is InChI=1S/C36H37FN6O8S/c1-22(2)33(38-3)34(45)50-21-51-36(46)43(29-16-15-28(52(5,47)48)19-30(29)49-4)35-40-31-17-10-25(20-42(31)41-35)24-8-13-27(14-9-24)39-32(44)18-23-6-11-26(37)12-7-23/h6-17,19-20,22,33,38H,18,21H2,1-5H3,(H,39,44). The fraction of sp³-hybridized carbons (Fsp3) is 0.250. The van der Waals surface area contributed by atoms with Gasteiger partial charge >= 0.3 is 12.1 Å². The third-order valence-corrected chi connectivity index (χ3v) is 9.03. The van der Waals surface area contributed by atoms with Crippen molar-refractivity contribution in [3.8, 4) is 16.9 Å². The predicted molar refractivity (Wildman–Crippen MR) is 191 cm³/mol. The zero-order chi connectivity index (χ0) is 37.6. The molecule has 0 aliphatic rings. The summed E-state index contributed by atoms with van der Waals surface area (Å²) in [4.78, 5) is 44.1. The fourth-order valence-corrected chi connectivity index (χ4v) is 5.89. The summed E-state index contributed by atoms with van der Waals surface area (Å²) in [5.41, 5.74) is 3.19. The van der Waals surface area contributed by atoms with Crippen molar-refractivity contribution in [3.63, 3.8) is 0 Å². The van der Waals surface area contributed by atoms with E-state index in [1.807, 2.05) is 26.0 Å². The second-order valence-electron chi connectivity index (χ2n) is 12.0. The molecule has 3 aromatic carbocycles. The maximum absolute atomic E-state index is 13.6. The number of nitrogens with zero attached hydrogens (tertiary/aromatic N) is 4. The first-order valence-corrected chi connectivity index (χ1v) is 17.9. The molecule has 0 aliphatic carbocycles. The number of pyridine rings is 1. The molecule has 14 nitrogen and oxygen atoms in total. The van der Waals surface area contributed by atoms with Gasteiger partial charge in [0.1, 0.15) is 17.6 Å². The van der Waals surface area contributed by atoms with E-state index < -0.39 is 34.7 Å². The second-order valence-corrected chi connectivity index (χ2v) is 14.0. The number of nitrogens with one attached hydrogen (secondary N) is 2. The van der Waals surface area contributed by atoms with Crippen LogP contribution in [0.5, 0.6) is 5.75 Å². The lowest BCUT2D eigenvalue weighted by molar-refractivity contribution is -0.155. The van der Waals surface area contributed by atoms with Crippen molar-refractivity contribution in [1.82, 2.24) is 19.9 Å². The van der Waals surface area contributed by atoms with Gasteiger partial charge in [0, 0.05) is 29.8 Å². The number of likely N-dealkylation sites (N-methyl/N-ethyl adjacent to an activating group) is 1. The van der Waals surface area contributed by atoms with Gasteiger partial charge in [0.15, 0.2) is 15.5 Å². The van der Waals surface area contributed by atoms with Crippen molar-refractivity contribution >= 4 is 50.8 Å². The lowest BCUT2D eigenvalue weighted by Crippen LogP contribution is -2.40. The molecule has 1 atom stereocenters. The molecule has 0 spiro atoms. The number of hydrogen-bond acceptors (Lipinski definition) is 11. The van der Waals surface area contributed by atoms with Crippen molar-refractivity contribution in [1.29, 1.82) is 0 Å². The van der Waals surface area contributed by atoms with Gasteiger partial charge in [-0.1, -0.05) is 38.1 Å². The highest BCUT2D eigenvalue weighted by Crippen LogP contribution is 2.35. The van der Waals surface area contributed by atoms with E-state index in [-0.39, 0.29) is 46.3 Å². The number of carbonyl (C=O) groups excluding carboxylic acids is 3. The van der Waals surface area contributed by atoms with Crippen LogP contribution < -0.4 is 20.3 Å². The number of amides is 2. The third-order valence-electron chi connectivity index (χ3n) is 7.92. The largest absolute Gasteiger partial charge is 0.495 e. The molecule has 0 aliphatic heterocycles. The number of aromatic nitrogens is 3. The molecule has 2 heterocycles. The number of ether oxygens (including phenoxy) is 3. The van der Waals surface area contributed by atoms with Crippen LogP contribution in [0.25, 0.3) is 16.8 Å². The van der Waals surface area contributed by atoms with Crippen molar-refractivity contribution in [2.45, 2.75) is 31.2 Å². The lowest BCUT2D eigenvalue weighted by atomic mass is 10.1. The van der Waals surface area contributed by atoms with Crippen LogP contribution in [-0.2, 0) is 35.3 Å². The van der Waals surface area contributed by atoms with Gasteiger partial charge in [-0.15, -0.1) is 5.10 Å². The highest BCUT2D eigenvalue weighted by molar-refractivity contribution is 7.90. The number of esters is 1. The van der Waals surface area contributed by atoms with Gasteiger partial charge in [-0.05, 0) is 72.6 Å². The molecule has 2 amide bonds. The molecule has 52 heavy (non-hydrogen) atoms. The maximum Gasteiger partial charge on any atom is 0.424 e. The molecule has 0 saturated carbocycles. The molecule has 1 unspecified atom stereocenters. The summed E-state index contributed by atoms with van der Waals surface area (Å²) in [5.74, 6) is -1.47. The normalized spacial score (nSPS) is 12.0. The minimum Gasteiger partial charge on any atom is -0.495 e. The summed E-state index contributed by atoms with van der Waals surface area (Å²) in [6, 6.07) is 19.6. The van der Waals surface area contributed by atoms with E-state index in [1.54, 1.807) is 49.6 Å². The maximum atomic E-state index is 13.6. The minimum atomic E-state index is -3.62. The molecule has 5 aromatic rings. The van der Waals surface area contributed by atoms with Crippen molar-refractivity contribution in [2.75, 3.05) is 37.4 Å². The summed E-state index contributed by atoms with van der Waals surface area (Å²) in [6.45, 7) is 2.94. The summed E-state index contributed by atoms with van der Waals surface area (Å²) in [5, 5.41) is 10.2. The number of anilines is 3. The summed E-state index contributed by atoms with van der Waals surface area (Å²) >= 11 is 0. The number of benzene rings is 3. The third kappa shape index (κ3) is 8.88. The van der Waals surface area contributed by atoms with Crippen molar-refractivity contribution in [3.05, 3.63) is 96.4 Å². The molecule has 0 bridgehead atoms. The number of fused-ring (bicyclic) bond motifs is 1. The van der Waals surface area contributed by atoms with Crippen molar-refractivity contribution in [2.24, 2.45) is 5.92 Å². The van der Waals surface area contributed by atoms with Crippen LogP contribution >= 0.6 is 0 Å². The molecule has 272 valence electrons. The van der Waals surface area contributed by atoms with E-state index in [0.717, 1.165) is 22.3 Å². The Labute approximate surface area is 299 Å². The van der Waals surface area contributed by atoms with Crippen LogP contribution in [0.4, 0.5) is 26.5 Å². The van der Waals surface area contributed by atoms with Crippen LogP contribution in [0, 0.1) is 11.7 Å². The number of sulfone groups is 1. The van der Waals surface area contributed by atoms with Gasteiger partial charge < -0.3 is 24.8 Å². The van der Waals surface area contributed by atoms with E-state index in [4.69, 9.17) is 14.2 Å². The van der Waals surface area contributed by atoms with Crippen LogP contribution in [0.2, 0.25) is 0 Å². The van der Waals surface area contributed by atoms with Crippen LogP contribution in [0.15, 0.2) is 90.0 Å². The topological polar surface area (TPSA) is 171 Å². The zero-order valence-electron chi connectivity index (χ0n) is 29.0. The Morgan fingerprint density at radius 1 is 0.942 bits per heavy atom. The van der Waals surface area contributed by atoms with E-state index in [0.29, 0.717) is 16.9 Å². The summed E-state index contributed by atoms with van der Waals surface area (Å²) in [6.07, 6.45) is 1.79. The van der Waals surface area contributed by atoms with Gasteiger partial charge in [-0.2, -0.15) is 4.98 Å². The SMILES string of the molecule is CNC(C(=O)OCOC(=O)N(c1nc2ccc(-c3ccc(NC(=O)Cc4ccc(F)cc4)cc3)cn2n1)c1ccc(S(C)(=O)=O)cc1OC)C(C)C. The van der Waals surface area contributed by atoms with E-state index in [1.165, 1.54) is 42.0 Å². The van der Waals surface area contributed by atoms with Crippen LogP contribution in [-0.4, -0.2) is 74.2 Å². The average Bonchev–Trinajstić information content (AvgIpc) is 3.52. The molecule has 0 radical (unpaired) electrons. The van der Waals surface area contributed by atoms with Crippen molar-refractivity contribution < 1.29 is 41.4 Å². The predicted octanol–water partition coefficient (Wildman–Crippen LogP) is 5.15. The van der Waals surface area contributed by atoms with Gasteiger partial charge in [-0.3, -0.25) is 9.59 Å². The fourth-order valence-electron chi connectivity index (χ4n) is 5.25. The zero-order valence-corrected chi connectivity index (χ0v) is 29.8. The molecule has 2 N–H and O–H groups in total. The molecule has 2 aromatic heterocycles. The van der Waals surface area contributed by atoms with Gasteiger partial charge in [0.2, 0.25) is 12.7 Å². The smallest absolute Gasteiger partial charge is 0.424 e. The highest BCUT2D eigenvalue weighted by atomic mass is 32.2. The first-order chi connectivity index (χ1) is 24.8. The molecular formula is C36H37FN6O8S. The highest BCUT2D eigenvalue weighted by Gasteiger charge is 2.29. The quantitative estimate of drug-likeness (QED) is 0.121. The Morgan fingerprint density at radius 3 is 2.27 bits per heavy atom. The number of halogens is 1. The Balaban J connectivity index is 1.40. The first kappa shape index (κ1) is 37.4. The minimum absolute atomic E-state index is 0.0105. The monoisotopic (exact) mass is 732 g/mol. The Bertz CT molecular complexity index is 2190. The number of hydrogen-bond donors (Lipinski definition) is 2. The summed E-state index contributed by atoms with van der Waals surface area (Å²) < 4.78 is 55.1. The number of rotatable bonds is 13. The van der Waals surface area contributed by atoms with E-state index >= 15 is 0 Å². The van der Waals surface area contributed by atoms with Gasteiger partial charge in [-0.25, -0.2) is 27.0 Å². The van der Waals surface area contributed by atoms with E-state index in [9.17, 15) is 27.2 Å². The molecule has 0 saturated heterocycles. The average molecular weight is 733 g/mol. The second kappa shape index (κ2) is 16.0. The number of methoxy groups -OCH3 is 1. The van der Waals surface area contributed by atoms with E-state index in [2.05, 4.69) is 20.7 Å². The van der Waals surface area contributed by atoms with Gasteiger partial charge in [0.05, 0.1) is 24.1 Å². The van der Waals surface area contributed by atoms with Crippen LogP contribution in [0.1, 0.15) is 19.4 Å². The molecular weight excluding hydrogens is 695 g/mol. The first-order valence-electron chi connectivity index (χ1n) is 16.0. The summed E-state index contributed by atoms with van der Waals surface area (Å²) in [7, 11) is -0.702. The molecule has 0 fully saturated rings. The Hall–Kier alpha value is -5.87. The lowest BCUT2D eigenvalue weighted by Gasteiger charge is -2.22.